The van der Waals surface area contributed by atoms with Crippen LogP contribution in [0.1, 0.15) is 24.2 Å². The topological polar surface area (TPSA) is 81.7 Å². The number of anilines is 1. The average Bonchev–Trinajstić information content (AvgIpc) is 2.67. The zero-order valence-electron chi connectivity index (χ0n) is 14.7. The molecule has 0 fully saturated rings. The fourth-order valence-electron chi connectivity index (χ4n) is 2.20. The van der Waals surface area contributed by atoms with Gasteiger partial charge >= 0.3 is 5.97 Å². The Morgan fingerprint density at radius 3 is 2.38 bits per heavy atom. The molecule has 1 N–H and O–H groups in total. The number of benzene rings is 2. The average molecular weight is 375 g/mol. The number of carbonyl (C=O) groups excluding carboxylic acids is 2. The van der Waals surface area contributed by atoms with Crippen LogP contribution in [0.15, 0.2) is 53.4 Å². The summed E-state index contributed by atoms with van der Waals surface area (Å²) in [7, 11) is -1.29. The summed E-state index contributed by atoms with van der Waals surface area (Å²) < 4.78 is 22.4. The van der Waals surface area contributed by atoms with Crippen LogP contribution in [-0.2, 0) is 20.3 Å². The van der Waals surface area contributed by atoms with Gasteiger partial charge in [0.2, 0.25) is 0 Å². The van der Waals surface area contributed by atoms with E-state index in [1.807, 2.05) is 6.92 Å². The molecule has 0 heterocycles. The molecule has 0 aliphatic heterocycles. The maximum absolute atomic E-state index is 12.2. The van der Waals surface area contributed by atoms with Gasteiger partial charge in [0.1, 0.15) is 5.75 Å². The highest BCUT2D eigenvalue weighted by Gasteiger charge is 2.17. The third-order valence-electron chi connectivity index (χ3n) is 3.40. The molecule has 2 rings (SSSR count). The van der Waals surface area contributed by atoms with E-state index in [-0.39, 0.29) is 5.56 Å². The molecule has 26 heavy (non-hydrogen) atoms. The maximum Gasteiger partial charge on any atom is 0.339 e. The number of ether oxygens (including phenoxy) is 2. The summed E-state index contributed by atoms with van der Waals surface area (Å²) in [5.41, 5.74) is 0.781. The van der Waals surface area contributed by atoms with Crippen LogP contribution in [0.25, 0.3) is 0 Å². The number of hydrogen-bond acceptors (Lipinski definition) is 5. The lowest BCUT2D eigenvalue weighted by Gasteiger charge is -2.10. The Kier molecular flexibility index (Phi) is 7.35. The number of rotatable bonds is 8. The molecule has 0 bridgehead atoms. The highest BCUT2D eigenvalue weighted by atomic mass is 32.2. The third-order valence-corrected chi connectivity index (χ3v) is 4.77. The van der Waals surface area contributed by atoms with Crippen molar-refractivity contribution >= 4 is 28.4 Å². The van der Waals surface area contributed by atoms with Crippen molar-refractivity contribution in [1.82, 2.24) is 0 Å². The quantitative estimate of drug-likeness (QED) is 0.717. The Bertz CT molecular complexity index is 789. The summed E-state index contributed by atoms with van der Waals surface area (Å²) in [5.74, 6) is -0.0407. The van der Waals surface area contributed by atoms with Gasteiger partial charge in [-0.05, 0) is 43.3 Å². The van der Waals surface area contributed by atoms with E-state index in [4.69, 9.17) is 9.47 Å². The van der Waals surface area contributed by atoms with E-state index < -0.39 is 29.3 Å². The Hall–Kier alpha value is -2.67. The maximum atomic E-state index is 12.2. The summed E-state index contributed by atoms with van der Waals surface area (Å²) in [5, 5.41) is 2.63. The summed E-state index contributed by atoms with van der Waals surface area (Å²) in [4.78, 5) is 24.6. The van der Waals surface area contributed by atoms with Gasteiger partial charge < -0.3 is 14.8 Å². The van der Waals surface area contributed by atoms with Crippen molar-refractivity contribution in [3.63, 3.8) is 0 Å². The predicted molar refractivity (Wildman–Crippen MR) is 99.9 cm³/mol. The molecule has 7 heteroatoms. The molecule has 2 aromatic carbocycles. The monoisotopic (exact) mass is 375 g/mol. The van der Waals surface area contributed by atoms with Crippen molar-refractivity contribution in [2.24, 2.45) is 0 Å². The summed E-state index contributed by atoms with van der Waals surface area (Å²) >= 11 is 0. The Morgan fingerprint density at radius 1 is 1.04 bits per heavy atom. The molecule has 0 aliphatic carbocycles. The lowest BCUT2D eigenvalue weighted by atomic mass is 10.2. The van der Waals surface area contributed by atoms with Crippen LogP contribution in [0.2, 0.25) is 0 Å². The zero-order chi connectivity index (χ0) is 18.9. The highest BCUT2D eigenvalue weighted by molar-refractivity contribution is 7.85. The predicted octanol–water partition coefficient (Wildman–Crippen LogP) is 3.01. The molecule has 0 saturated heterocycles. The van der Waals surface area contributed by atoms with E-state index in [0.717, 1.165) is 0 Å². The minimum absolute atomic E-state index is 0.210. The number of amides is 1. The van der Waals surface area contributed by atoms with Crippen molar-refractivity contribution in [2.75, 3.05) is 24.3 Å². The van der Waals surface area contributed by atoms with Gasteiger partial charge in [0.25, 0.3) is 5.91 Å². The second kappa shape index (κ2) is 9.72. The minimum Gasteiger partial charge on any atom is -0.494 e. The normalized spacial score (nSPS) is 11.5. The molecule has 0 spiro atoms. The zero-order valence-corrected chi connectivity index (χ0v) is 15.5. The van der Waals surface area contributed by atoms with E-state index in [0.29, 0.717) is 28.7 Å². The van der Waals surface area contributed by atoms with E-state index in [1.54, 1.807) is 49.4 Å². The van der Waals surface area contributed by atoms with Crippen molar-refractivity contribution in [2.45, 2.75) is 18.7 Å². The van der Waals surface area contributed by atoms with E-state index in [9.17, 15) is 13.8 Å². The molecule has 0 aromatic heterocycles. The lowest BCUT2D eigenvalue weighted by molar-refractivity contribution is -0.119. The smallest absolute Gasteiger partial charge is 0.339 e. The second-order valence-corrected chi connectivity index (χ2v) is 6.92. The summed E-state index contributed by atoms with van der Waals surface area (Å²) in [6.07, 6.45) is 0. The molecular formula is C19H21NO5S. The molecule has 0 aliphatic rings. The van der Waals surface area contributed by atoms with Crippen LogP contribution < -0.4 is 10.1 Å². The standard InChI is InChI=1S/C19H21NO5S/c1-3-24-15-11-9-14(10-12-15)20-18(21)13-25-19(22)16-7-5-6-8-17(16)26(23)4-2/h5-12H,3-4,13H2,1-2H3,(H,20,21)/t26-/m0/s1. The van der Waals surface area contributed by atoms with E-state index in [2.05, 4.69) is 5.32 Å². The first-order valence-electron chi connectivity index (χ1n) is 8.22. The van der Waals surface area contributed by atoms with Crippen LogP contribution in [-0.4, -0.2) is 35.1 Å². The number of nitrogens with one attached hydrogen (secondary N) is 1. The van der Waals surface area contributed by atoms with Gasteiger partial charge in [-0.2, -0.15) is 0 Å². The van der Waals surface area contributed by atoms with Gasteiger partial charge in [0.05, 0.1) is 27.9 Å². The first kappa shape index (κ1) is 19.7. The highest BCUT2D eigenvalue weighted by Crippen LogP contribution is 2.17. The SMILES string of the molecule is CCOc1ccc(NC(=O)COC(=O)c2ccccc2[S@@](=O)CC)cc1. The number of esters is 1. The van der Waals surface area contributed by atoms with E-state index >= 15 is 0 Å². The Balaban J connectivity index is 1.93. The summed E-state index contributed by atoms with van der Waals surface area (Å²) in [6.45, 7) is 3.78. The van der Waals surface area contributed by atoms with Crippen LogP contribution in [0, 0.1) is 0 Å². The molecule has 0 unspecified atom stereocenters. The third kappa shape index (κ3) is 5.42. The van der Waals surface area contributed by atoms with Crippen LogP contribution in [0.5, 0.6) is 5.75 Å². The fraction of sp³-hybridized carbons (Fsp3) is 0.263. The van der Waals surface area contributed by atoms with Gasteiger partial charge in [0.15, 0.2) is 6.61 Å². The summed E-state index contributed by atoms with van der Waals surface area (Å²) in [6, 6.07) is 13.4. The van der Waals surface area contributed by atoms with E-state index in [1.165, 1.54) is 6.07 Å². The molecule has 0 saturated carbocycles. The molecular weight excluding hydrogens is 354 g/mol. The van der Waals surface area contributed by atoms with Crippen LogP contribution >= 0.6 is 0 Å². The van der Waals surface area contributed by atoms with Crippen molar-refractivity contribution < 1.29 is 23.3 Å². The molecule has 6 nitrogen and oxygen atoms in total. The van der Waals surface area contributed by atoms with Gasteiger partial charge in [-0.25, -0.2) is 4.79 Å². The molecule has 0 radical (unpaired) electrons. The number of hydrogen-bond donors (Lipinski definition) is 1. The molecule has 1 amide bonds. The number of carbonyl (C=O) groups is 2. The Labute approximate surface area is 155 Å². The second-order valence-electron chi connectivity index (χ2n) is 5.21. The van der Waals surface area contributed by atoms with Gasteiger partial charge in [-0.15, -0.1) is 0 Å². The minimum atomic E-state index is -1.29. The fourth-order valence-corrected chi connectivity index (χ4v) is 3.13. The van der Waals surface area contributed by atoms with Crippen LogP contribution in [0.3, 0.4) is 0 Å². The lowest BCUT2D eigenvalue weighted by Crippen LogP contribution is -2.21. The molecule has 1 atom stereocenters. The van der Waals surface area contributed by atoms with Crippen molar-refractivity contribution in [3.05, 3.63) is 54.1 Å². The van der Waals surface area contributed by atoms with Crippen LogP contribution in [0.4, 0.5) is 5.69 Å². The Morgan fingerprint density at radius 2 is 1.73 bits per heavy atom. The first-order valence-corrected chi connectivity index (χ1v) is 9.54. The largest absolute Gasteiger partial charge is 0.494 e. The van der Waals surface area contributed by atoms with Crippen molar-refractivity contribution in [3.8, 4) is 5.75 Å². The van der Waals surface area contributed by atoms with Gasteiger partial charge in [-0.1, -0.05) is 19.1 Å². The van der Waals surface area contributed by atoms with Gasteiger partial charge in [-0.3, -0.25) is 9.00 Å². The first-order chi connectivity index (χ1) is 12.5. The molecule has 138 valence electrons. The van der Waals surface area contributed by atoms with Crippen molar-refractivity contribution in [1.29, 1.82) is 0 Å². The van der Waals surface area contributed by atoms with Gasteiger partial charge in [0, 0.05) is 11.4 Å². The molecule has 2 aromatic rings.